The fraction of sp³-hybridized carbons (Fsp3) is 0.364. The van der Waals surface area contributed by atoms with E-state index in [1.54, 1.807) is 28.0 Å². The van der Waals surface area contributed by atoms with Gasteiger partial charge in [-0.15, -0.1) is 0 Å². The molecule has 1 aliphatic rings. The first-order valence-electron chi connectivity index (χ1n) is 9.68. The number of phenols is 1. The number of phenolic OH excluding ortho intramolecular Hbond substituents is 1. The molecule has 0 saturated carbocycles. The average Bonchev–Trinajstić information content (AvgIpc) is 2.73. The standard InChI is InChI=1S/C22H26N2O5/c1-17-5-7-19(8-6-17)29-16-22(27)24-12-10-23(11-13-24)21(26)9-14-28-20-4-2-3-18(25)15-20/h2-8,15,25H,9-14,16H2,1H3. The van der Waals surface area contributed by atoms with E-state index < -0.39 is 0 Å². The molecule has 0 radical (unpaired) electrons. The number of aryl methyl sites for hydroxylation is 1. The van der Waals surface area contributed by atoms with Gasteiger partial charge in [-0.1, -0.05) is 23.8 Å². The van der Waals surface area contributed by atoms with E-state index in [0.29, 0.717) is 37.7 Å². The Balaban J connectivity index is 1.36. The van der Waals surface area contributed by atoms with Gasteiger partial charge in [-0.05, 0) is 31.2 Å². The SMILES string of the molecule is Cc1ccc(OCC(=O)N2CCN(C(=O)CCOc3cccc(O)c3)CC2)cc1. The summed E-state index contributed by atoms with van der Waals surface area (Å²) in [5, 5.41) is 9.41. The van der Waals surface area contributed by atoms with Gasteiger partial charge >= 0.3 is 0 Å². The molecule has 154 valence electrons. The molecule has 7 heteroatoms. The van der Waals surface area contributed by atoms with Crippen LogP contribution < -0.4 is 9.47 Å². The topological polar surface area (TPSA) is 79.3 Å². The van der Waals surface area contributed by atoms with Crippen LogP contribution in [0.4, 0.5) is 0 Å². The first kappa shape index (κ1) is 20.5. The maximum atomic E-state index is 12.3. The number of carbonyl (C=O) groups excluding carboxylic acids is 2. The molecule has 3 rings (SSSR count). The molecule has 0 bridgehead atoms. The van der Waals surface area contributed by atoms with E-state index in [0.717, 1.165) is 5.56 Å². The highest BCUT2D eigenvalue weighted by atomic mass is 16.5. The van der Waals surface area contributed by atoms with E-state index in [1.807, 2.05) is 31.2 Å². The number of amides is 2. The number of ether oxygens (including phenoxy) is 2. The Bertz CT molecular complexity index is 829. The van der Waals surface area contributed by atoms with Gasteiger partial charge in [0.2, 0.25) is 5.91 Å². The van der Waals surface area contributed by atoms with Crippen LogP contribution in [0.5, 0.6) is 17.2 Å². The van der Waals surface area contributed by atoms with Crippen molar-refractivity contribution in [2.75, 3.05) is 39.4 Å². The van der Waals surface area contributed by atoms with Crippen molar-refractivity contribution in [1.82, 2.24) is 9.80 Å². The summed E-state index contributed by atoms with van der Waals surface area (Å²) in [6, 6.07) is 14.1. The smallest absolute Gasteiger partial charge is 0.260 e. The second-order valence-corrected chi connectivity index (χ2v) is 6.96. The zero-order chi connectivity index (χ0) is 20.6. The minimum absolute atomic E-state index is 0.00519. The molecule has 1 saturated heterocycles. The van der Waals surface area contributed by atoms with E-state index in [2.05, 4.69) is 0 Å². The molecule has 0 unspecified atom stereocenters. The largest absolute Gasteiger partial charge is 0.508 e. The zero-order valence-corrected chi connectivity index (χ0v) is 16.5. The quantitative estimate of drug-likeness (QED) is 0.774. The van der Waals surface area contributed by atoms with Gasteiger partial charge in [0.15, 0.2) is 6.61 Å². The van der Waals surface area contributed by atoms with E-state index in [1.165, 1.54) is 6.07 Å². The highest BCUT2D eigenvalue weighted by molar-refractivity contribution is 5.79. The number of aromatic hydroxyl groups is 1. The maximum absolute atomic E-state index is 12.3. The van der Waals surface area contributed by atoms with Crippen molar-refractivity contribution < 1.29 is 24.2 Å². The van der Waals surface area contributed by atoms with Gasteiger partial charge in [-0.2, -0.15) is 0 Å². The molecule has 0 atom stereocenters. The third-order valence-corrected chi connectivity index (χ3v) is 4.77. The second-order valence-electron chi connectivity index (χ2n) is 6.96. The summed E-state index contributed by atoms with van der Waals surface area (Å²) in [5.41, 5.74) is 1.14. The number of nitrogens with zero attached hydrogens (tertiary/aromatic N) is 2. The van der Waals surface area contributed by atoms with Crippen molar-refractivity contribution >= 4 is 11.8 Å². The zero-order valence-electron chi connectivity index (χ0n) is 16.5. The van der Waals surface area contributed by atoms with Gasteiger partial charge in [0, 0.05) is 32.2 Å². The van der Waals surface area contributed by atoms with Crippen LogP contribution in [0.25, 0.3) is 0 Å². The summed E-state index contributed by atoms with van der Waals surface area (Å²) in [6.07, 6.45) is 0.250. The summed E-state index contributed by atoms with van der Waals surface area (Å²) in [7, 11) is 0. The number of benzene rings is 2. The van der Waals surface area contributed by atoms with Gasteiger partial charge in [0.25, 0.3) is 5.91 Å². The van der Waals surface area contributed by atoms with Gasteiger partial charge in [0.05, 0.1) is 13.0 Å². The number of rotatable bonds is 7. The van der Waals surface area contributed by atoms with Crippen LogP contribution in [0, 0.1) is 6.92 Å². The van der Waals surface area contributed by atoms with Crippen molar-refractivity contribution in [2.45, 2.75) is 13.3 Å². The van der Waals surface area contributed by atoms with Crippen molar-refractivity contribution in [3.63, 3.8) is 0 Å². The minimum atomic E-state index is -0.0788. The molecule has 1 N–H and O–H groups in total. The molecular weight excluding hydrogens is 372 g/mol. The molecule has 1 aliphatic heterocycles. The fourth-order valence-corrected chi connectivity index (χ4v) is 3.06. The predicted octanol–water partition coefficient (Wildman–Crippen LogP) is 2.22. The lowest BCUT2D eigenvalue weighted by Gasteiger charge is -2.34. The van der Waals surface area contributed by atoms with Crippen LogP contribution in [-0.2, 0) is 9.59 Å². The summed E-state index contributed by atoms with van der Waals surface area (Å²) in [4.78, 5) is 28.1. The lowest BCUT2D eigenvalue weighted by molar-refractivity contribution is -0.141. The summed E-state index contributed by atoms with van der Waals surface area (Å²) in [6.45, 7) is 4.22. The highest BCUT2D eigenvalue weighted by Crippen LogP contribution is 2.18. The molecular formula is C22H26N2O5. The molecule has 7 nitrogen and oxygen atoms in total. The van der Waals surface area contributed by atoms with Crippen molar-refractivity contribution in [2.24, 2.45) is 0 Å². The number of piperazine rings is 1. The fourth-order valence-electron chi connectivity index (χ4n) is 3.06. The van der Waals surface area contributed by atoms with Crippen LogP contribution in [0.3, 0.4) is 0 Å². The van der Waals surface area contributed by atoms with Gasteiger partial charge in [-0.3, -0.25) is 9.59 Å². The Morgan fingerprint density at radius 1 is 0.897 bits per heavy atom. The Kier molecular flexibility index (Phi) is 6.94. The molecule has 29 heavy (non-hydrogen) atoms. The first-order chi connectivity index (χ1) is 14.0. The Hall–Kier alpha value is -3.22. The second kappa shape index (κ2) is 9.82. The summed E-state index contributed by atoms with van der Waals surface area (Å²) >= 11 is 0. The summed E-state index contributed by atoms with van der Waals surface area (Å²) < 4.78 is 11.0. The number of hydrogen-bond acceptors (Lipinski definition) is 5. The normalized spacial score (nSPS) is 13.8. The Morgan fingerprint density at radius 3 is 2.21 bits per heavy atom. The molecule has 0 aromatic heterocycles. The molecule has 2 aromatic rings. The third-order valence-electron chi connectivity index (χ3n) is 4.77. The van der Waals surface area contributed by atoms with Crippen molar-refractivity contribution in [3.05, 3.63) is 54.1 Å². The van der Waals surface area contributed by atoms with Crippen LogP contribution in [0.15, 0.2) is 48.5 Å². The van der Waals surface area contributed by atoms with Crippen molar-refractivity contribution in [1.29, 1.82) is 0 Å². The summed E-state index contributed by atoms with van der Waals surface area (Å²) in [5.74, 6) is 1.24. The lowest BCUT2D eigenvalue weighted by Crippen LogP contribution is -2.51. The van der Waals surface area contributed by atoms with E-state index in [-0.39, 0.29) is 37.2 Å². The Morgan fingerprint density at radius 2 is 1.55 bits per heavy atom. The van der Waals surface area contributed by atoms with Crippen LogP contribution >= 0.6 is 0 Å². The van der Waals surface area contributed by atoms with Crippen LogP contribution in [-0.4, -0.2) is 66.1 Å². The van der Waals surface area contributed by atoms with Crippen LogP contribution in [0.2, 0.25) is 0 Å². The predicted molar refractivity (Wildman–Crippen MR) is 108 cm³/mol. The third kappa shape index (κ3) is 6.14. The first-order valence-corrected chi connectivity index (χ1v) is 9.68. The highest BCUT2D eigenvalue weighted by Gasteiger charge is 2.24. The molecule has 2 aromatic carbocycles. The molecule has 1 fully saturated rings. The molecule has 1 heterocycles. The lowest BCUT2D eigenvalue weighted by atomic mass is 10.2. The molecule has 2 amide bonds. The molecule has 0 spiro atoms. The average molecular weight is 398 g/mol. The van der Waals surface area contributed by atoms with Gasteiger partial charge < -0.3 is 24.4 Å². The van der Waals surface area contributed by atoms with E-state index >= 15 is 0 Å². The minimum Gasteiger partial charge on any atom is -0.508 e. The van der Waals surface area contributed by atoms with E-state index in [4.69, 9.17) is 9.47 Å². The monoisotopic (exact) mass is 398 g/mol. The molecule has 0 aliphatic carbocycles. The maximum Gasteiger partial charge on any atom is 0.260 e. The van der Waals surface area contributed by atoms with Crippen LogP contribution in [0.1, 0.15) is 12.0 Å². The van der Waals surface area contributed by atoms with Gasteiger partial charge in [0.1, 0.15) is 17.2 Å². The van der Waals surface area contributed by atoms with Crippen molar-refractivity contribution in [3.8, 4) is 17.2 Å². The van der Waals surface area contributed by atoms with E-state index in [9.17, 15) is 14.7 Å². The number of carbonyl (C=O) groups is 2. The van der Waals surface area contributed by atoms with Gasteiger partial charge in [-0.25, -0.2) is 0 Å². The number of hydrogen-bond donors (Lipinski definition) is 1. The Labute approximate surface area is 170 Å².